The van der Waals surface area contributed by atoms with Crippen molar-refractivity contribution in [3.63, 3.8) is 0 Å². The quantitative estimate of drug-likeness (QED) is 0.604. The number of benzene rings is 2. The number of amides is 1. The van der Waals surface area contributed by atoms with Gasteiger partial charge in [-0.05, 0) is 50.1 Å². The number of anilines is 1. The second-order valence-electron chi connectivity index (χ2n) is 7.03. The maximum atomic E-state index is 14.3. The molecule has 1 aliphatic carbocycles. The molecular weight excluding hydrogens is 361 g/mol. The first-order chi connectivity index (χ1) is 13.4. The summed E-state index contributed by atoms with van der Waals surface area (Å²) in [5, 5.41) is 2.62. The highest BCUT2D eigenvalue weighted by atomic mass is 19.1. The molecule has 0 unspecified atom stereocenters. The minimum Gasteiger partial charge on any atom is -0.455 e. The lowest BCUT2D eigenvalue weighted by molar-refractivity contribution is -0.153. The number of nitrogens with one attached hydrogen (secondary N) is 1. The van der Waals surface area contributed by atoms with Crippen LogP contribution in [0.15, 0.2) is 48.5 Å². The molecule has 28 heavy (non-hydrogen) atoms. The number of halogens is 1. The van der Waals surface area contributed by atoms with Crippen molar-refractivity contribution in [2.24, 2.45) is 0 Å². The van der Waals surface area contributed by atoms with E-state index in [1.54, 1.807) is 42.5 Å². The molecule has 1 N–H and O–H groups in total. The van der Waals surface area contributed by atoms with Gasteiger partial charge in [-0.25, -0.2) is 4.39 Å². The van der Waals surface area contributed by atoms with Gasteiger partial charge in [-0.15, -0.1) is 0 Å². The van der Waals surface area contributed by atoms with Crippen LogP contribution in [0.25, 0.3) is 0 Å². The third kappa shape index (κ3) is 4.11. The molecule has 3 rings (SSSR count). The number of hydrogen-bond acceptors (Lipinski definition) is 4. The van der Waals surface area contributed by atoms with Crippen LogP contribution >= 0.6 is 0 Å². The van der Waals surface area contributed by atoms with Crippen LogP contribution in [0.2, 0.25) is 0 Å². The minimum atomic E-state index is -1.03. The van der Waals surface area contributed by atoms with Gasteiger partial charge in [-0.1, -0.05) is 31.0 Å². The first-order valence-electron chi connectivity index (χ1n) is 9.25. The molecule has 2 aromatic rings. The van der Waals surface area contributed by atoms with Gasteiger partial charge in [0.05, 0.1) is 5.41 Å². The lowest BCUT2D eigenvalue weighted by Crippen LogP contribution is -2.37. The summed E-state index contributed by atoms with van der Waals surface area (Å²) in [5.74, 6) is -1.57. The number of ether oxygens (including phenoxy) is 1. The maximum absolute atomic E-state index is 14.3. The van der Waals surface area contributed by atoms with Gasteiger partial charge < -0.3 is 10.1 Å². The Morgan fingerprint density at radius 2 is 1.68 bits per heavy atom. The van der Waals surface area contributed by atoms with Crippen LogP contribution in [0.5, 0.6) is 0 Å². The summed E-state index contributed by atoms with van der Waals surface area (Å²) in [4.78, 5) is 36.2. The molecule has 0 atom stereocenters. The molecule has 1 aliphatic rings. The molecule has 0 spiro atoms. The highest BCUT2D eigenvalue weighted by Crippen LogP contribution is 2.43. The van der Waals surface area contributed by atoms with Crippen molar-refractivity contribution in [3.8, 4) is 0 Å². The normalized spacial score (nSPS) is 15.1. The summed E-state index contributed by atoms with van der Waals surface area (Å²) < 4.78 is 19.6. The fourth-order valence-electron chi connectivity index (χ4n) is 3.67. The van der Waals surface area contributed by atoms with E-state index in [1.165, 1.54) is 13.0 Å². The Labute approximate surface area is 162 Å². The molecule has 146 valence electrons. The smallest absolute Gasteiger partial charge is 0.317 e. The third-order valence-corrected chi connectivity index (χ3v) is 5.15. The lowest BCUT2D eigenvalue weighted by Gasteiger charge is -2.27. The van der Waals surface area contributed by atoms with Crippen LogP contribution in [0.1, 0.15) is 48.5 Å². The van der Waals surface area contributed by atoms with Crippen molar-refractivity contribution >= 4 is 23.3 Å². The van der Waals surface area contributed by atoms with E-state index >= 15 is 0 Å². The number of Topliss-reactive ketones (excluding diaryl/α,β-unsaturated/α-hetero) is 1. The van der Waals surface area contributed by atoms with Crippen molar-refractivity contribution < 1.29 is 23.5 Å². The summed E-state index contributed by atoms with van der Waals surface area (Å²) >= 11 is 0. The standard InChI is InChI=1S/C22H22FNO4/c1-15(25)16-8-10-17(11-9-16)24-20(26)14-28-21(27)22(12-4-5-13-22)18-6-2-3-7-19(18)23/h2-3,6-11H,4-5,12-14H2,1H3,(H,24,26). The Morgan fingerprint density at radius 1 is 1.04 bits per heavy atom. The zero-order valence-corrected chi connectivity index (χ0v) is 15.7. The number of esters is 1. The molecule has 0 aliphatic heterocycles. The molecule has 0 heterocycles. The second kappa shape index (κ2) is 8.33. The average Bonchev–Trinajstić information content (AvgIpc) is 3.18. The van der Waals surface area contributed by atoms with E-state index in [0.717, 1.165) is 12.8 Å². The Bertz CT molecular complexity index is 886. The second-order valence-corrected chi connectivity index (χ2v) is 7.03. The molecule has 2 aromatic carbocycles. The first kappa shape index (κ1) is 19.7. The van der Waals surface area contributed by atoms with Crippen molar-refractivity contribution in [1.29, 1.82) is 0 Å². The molecule has 5 nitrogen and oxygen atoms in total. The van der Waals surface area contributed by atoms with Gasteiger partial charge in [0.25, 0.3) is 5.91 Å². The van der Waals surface area contributed by atoms with Gasteiger partial charge in [0.15, 0.2) is 12.4 Å². The Kier molecular flexibility index (Phi) is 5.87. The first-order valence-corrected chi connectivity index (χ1v) is 9.25. The molecular formula is C22H22FNO4. The van der Waals surface area contributed by atoms with Gasteiger partial charge >= 0.3 is 5.97 Å². The summed E-state index contributed by atoms with van der Waals surface area (Å²) in [7, 11) is 0. The predicted octanol–water partition coefficient (Wildman–Crippen LogP) is 4.02. The van der Waals surface area contributed by atoms with Crippen molar-refractivity contribution in [2.75, 3.05) is 11.9 Å². The number of hydrogen-bond donors (Lipinski definition) is 1. The van der Waals surface area contributed by atoms with Crippen molar-refractivity contribution in [3.05, 3.63) is 65.5 Å². The Morgan fingerprint density at radius 3 is 2.29 bits per heavy atom. The molecule has 0 bridgehead atoms. The fourth-order valence-corrected chi connectivity index (χ4v) is 3.67. The van der Waals surface area contributed by atoms with Crippen LogP contribution in [0.4, 0.5) is 10.1 Å². The third-order valence-electron chi connectivity index (χ3n) is 5.15. The van der Waals surface area contributed by atoms with E-state index in [0.29, 0.717) is 29.7 Å². The van der Waals surface area contributed by atoms with E-state index in [9.17, 15) is 18.8 Å². The predicted molar refractivity (Wildman–Crippen MR) is 103 cm³/mol. The molecule has 0 radical (unpaired) electrons. The van der Waals surface area contributed by atoms with Crippen LogP contribution in [-0.2, 0) is 19.7 Å². The fraction of sp³-hybridized carbons (Fsp3) is 0.318. The average molecular weight is 383 g/mol. The molecule has 1 fully saturated rings. The van der Waals surface area contributed by atoms with Crippen LogP contribution in [0, 0.1) is 5.82 Å². The van der Waals surface area contributed by atoms with E-state index in [2.05, 4.69) is 5.32 Å². The highest BCUT2D eigenvalue weighted by molar-refractivity contribution is 5.96. The van der Waals surface area contributed by atoms with Gasteiger partial charge in [0.2, 0.25) is 0 Å². The van der Waals surface area contributed by atoms with E-state index < -0.39 is 29.7 Å². The molecule has 0 aromatic heterocycles. The molecule has 0 saturated heterocycles. The summed E-state index contributed by atoms with van der Waals surface area (Å²) in [6.07, 6.45) is 2.61. The Balaban J connectivity index is 1.64. The zero-order valence-electron chi connectivity index (χ0n) is 15.7. The topological polar surface area (TPSA) is 72.5 Å². The van der Waals surface area contributed by atoms with Crippen molar-refractivity contribution in [2.45, 2.75) is 38.0 Å². The minimum absolute atomic E-state index is 0.0678. The summed E-state index contributed by atoms with van der Waals surface area (Å²) in [5.41, 5.74) is 0.334. The van der Waals surface area contributed by atoms with Crippen LogP contribution in [-0.4, -0.2) is 24.3 Å². The van der Waals surface area contributed by atoms with E-state index in [4.69, 9.17) is 4.74 Å². The van der Waals surface area contributed by atoms with Crippen LogP contribution < -0.4 is 5.32 Å². The molecule has 1 amide bonds. The molecule has 6 heteroatoms. The number of ketones is 1. The van der Waals surface area contributed by atoms with Gasteiger partial charge in [-0.3, -0.25) is 14.4 Å². The summed E-state index contributed by atoms with van der Waals surface area (Å²) in [6, 6.07) is 12.6. The zero-order chi connectivity index (χ0) is 20.1. The highest BCUT2D eigenvalue weighted by Gasteiger charge is 2.45. The lowest BCUT2D eigenvalue weighted by atomic mass is 9.78. The number of rotatable bonds is 6. The SMILES string of the molecule is CC(=O)c1ccc(NC(=O)COC(=O)C2(c3ccccc3F)CCCC2)cc1. The van der Waals surface area contributed by atoms with Crippen LogP contribution in [0.3, 0.4) is 0 Å². The van der Waals surface area contributed by atoms with Gasteiger partial charge in [-0.2, -0.15) is 0 Å². The van der Waals surface area contributed by atoms with E-state index in [-0.39, 0.29) is 5.78 Å². The monoisotopic (exact) mass is 383 g/mol. The van der Waals surface area contributed by atoms with Crippen molar-refractivity contribution in [1.82, 2.24) is 0 Å². The maximum Gasteiger partial charge on any atom is 0.317 e. The number of carbonyl (C=O) groups excluding carboxylic acids is 3. The molecule has 1 saturated carbocycles. The Hall–Kier alpha value is -3.02. The number of carbonyl (C=O) groups is 3. The van der Waals surface area contributed by atoms with Gasteiger partial charge in [0, 0.05) is 16.8 Å². The van der Waals surface area contributed by atoms with Gasteiger partial charge in [0.1, 0.15) is 5.82 Å². The largest absolute Gasteiger partial charge is 0.455 e. The summed E-state index contributed by atoms with van der Waals surface area (Å²) in [6.45, 7) is 1.00. The van der Waals surface area contributed by atoms with E-state index in [1.807, 2.05) is 0 Å².